The van der Waals surface area contributed by atoms with Gasteiger partial charge in [-0.15, -0.1) is 0 Å². The van der Waals surface area contributed by atoms with Gasteiger partial charge in [0.2, 0.25) is 0 Å². The van der Waals surface area contributed by atoms with E-state index in [2.05, 4.69) is 5.32 Å². The first-order valence-corrected chi connectivity index (χ1v) is 6.87. The van der Waals surface area contributed by atoms with Crippen LogP contribution >= 0.6 is 11.6 Å². The molecule has 2 aromatic rings. The lowest BCUT2D eigenvalue weighted by Gasteiger charge is -2.07. The van der Waals surface area contributed by atoms with E-state index in [0.29, 0.717) is 0 Å². The van der Waals surface area contributed by atoms with Crippen LogP contribution in [0.3, 0.4) is 0 Å². The lowest BCUT2D eigenvalue weighted by Crippen LogP contribution is -2.30. The van der Waals surface area contributed by atoms with E-state index < -0.39 is 17.7 Å². The maximum absolute atomic E-state index is 13.5. The predicted octanol–water partition coefficient (Wildman–Crippen LogP) is 3.59. The van der Waals surface area contributed by atoms with Gasteiger partial charge in [-0.1, -0.05) is 41.9 Å². The van der Waals surface area contributed by atoms with Crippen molar-refractivity contribution in [1.29, 1.82) is 0 Å². The van der Waals surface area contributed by atoms with E-state index in [4.69, 9.17) is 16.3 Å². The van der Waals surface area contributed by atoms with Crippen molar-refractivity contribution in [3.63, 3.8) is 0 Å². The van der Waals surface area contributed by atoms with Crippen molar-refractivity contribution in [3.8, 4) is 0 Å². The van der Waals surface area contributed by atoms with Crippen molar-refractivity contribution in [2.45, 2.75) is 6.61 Å². The average Bonchev–Trinajstić information content (AvgIpc) is 2.54. The van der Waals surface area contributed by atoms with Crippen molar-refractivity contribution in [2.75, 3.05) is 6.54 Å². The first kappa shape index (κ1) is 16.0. The SMILES string of the molecule is O=C(NCC(=O)c1cc(Cl)ccc1F)OCc1ccccc1. The number of alkyl carbamates (subject to hydrolysis) is 1. The van der Waals surface area contributed by atoms with E-state index in [1.165, 1.54) is 12.1 Å². The highest BCUT2D eigenvalue weighted by Gasteiger charge is 2.13. The Bertz CT molecular complexity index is 676. The van der Waals surface area contributed by atoms with Crippen LogP contribution in [0.5, 0.6) is 0 Å². The number of halogens is 2. The second kappa shape index (κ2) is 7.56. The van der Waals surface area contributed by atoms with Gasteiger partial charge in [-0.3, -0.25) is 4.79 Å². The van der Waals surface area contributed by atoms with Gasteiger partial charge in [0.25, 0.3) is 0 Å². The molecule has 22 heavy (non-hydrogen) atoms. The maximum Gasteiger partial charge on any atom is 0.407 e. The summed E-state index contributed by atoms with van der Waals surface area (Å²) >= 11 is 5.71. The molecule has 0 radical (unpaired) electrons. The Kier molecular flexibility index (Phi) is 5.49. The van der Waals surface area contributed by atoms with Gasteiger partial charge >= 0.3 is 6.09 Å². The van der Waals surface area contributed by atoms with Crippen LogP contribution in [-0.2, 0) is 11.3 Å². The van der Waals surface area contributed by atoms with Crippen LogP contribution in [0.15, 0.2) is 48.5 Å². The smallest absolute Gasteiger partial charge is 0.407 e. The second-order valence-electron chi connectivity index (χ2n) is 4.46. The van der Waals surface area contributed by atoms with Gasteiger partial charge in [0.05, 0.1) is 12.1 Å². The Morgan fingerprint density at radius 2 is 1.86 bits per heavy atom. The molecule has 0 aliphatic carbocycles. The summed E-state index contributed by atoms with van der Waals surface area (Å²) in [7, 11) is 0. The average molecular weight is 322 g/mol. The number of Topliss-reactive ketones (excluding diaryl/α,β-unsaturated/α-hetero) is 1. The summed E-state index contributed by atoms with van der Waals surface area (Å²) in [4.78, 5) is 23.3. The zero-order chi connectivity index (χ0) is 15.9. The zero-order valence-corrected chi connectivity index (χ0v) is 12.3. The second-order valence-corrected chi connectivity index (χ2v) is 4.90. The Hall–Kier alpha value is -2.40. The highest BCUT2D eigenvalue weighted by Crippen LogP contribution is 2.15. The van der Waals surface area contributed by atoms with Crippen LogP contribution in [0, 0.1) is 5.82 Å². The number of carbonyl (C=O) groups is 2. The molecule has 0 saturated carbocycles. The van der Waals surface area contributed by atoms with E-state index in [1.54, 1.807) is 12.1 Å². The highest BCUT2D eigenvalue weighted by molar-refractivity contribution is 6.31. The fourth-order valence-electron chi connectivity index (χ4n) is 1.73. The molecule has 4 nitrogen and oxygen atoms in total. The van der Waals surface area contributed by atoms with E-state index in [9.17, 15) is 14.0 Å². The van der Waals surface area contributed by atoms with Crippen molar-refractivity contribution in [1.82, 2.24) is 5.32 Å². The molecule has 2 aromatic carbocycles. The molecule has 1 N–H and O–H groups in total. The number of rotatable bonds is 5. The minimum atomic E-state index is -0.750. The molecular formula is C16H13ClFNO3. The molecule has 114 valence electrons. The largest absolute Gasteiger partial charge is 0.445 e. The monoisotopic (exact) mass is 321 g/mol. The topological polar surface area (TPSA) is 55.4 Å². The lowest BCUT2D eigenvalue weighted by atomic mass is 10.1. The van der Waals surface area contributed by atoms with Crippen molar-refractivity contribution >= 4 is 23.5 Å². The summed E-state index contributed by atoms with van der Waals surface area (Å²) in [5.41, 5.74) is 0.653. The molecule has 0 heterocycles. The molecule has 0 unspecified atom stereocenters. The van der Waals surface area contributed by atoms with Crippen LogP contribution in [0.25, 0.3) is 0 Å². The zero-order valence-electron chi connectivity index (χ0n) is 11.5. The minimum absolute atomic E-state index is 0.0897. The molecule has 0 saturated heterocycles. The summed E-state index contributed by atoms with van der Waals surface area (Å²) < 4.78 is 18.4. The van der Waals surface area contributed by atoms with E-state index in [0.717, 1.165) is 11.6 Å². The van der Waals surface area contributed by atoms with Gasteiger partial charge in [-0.2, -0.15) is 0 Å². The maximum atomic E-state index is 13.5. The number of ether oxygens (including phenoxy) is 1. The molecule has 1 amide bonds. The Labute approximate surface area is 131 Å². The fraction of sp³-hybridized carbons (Fsp3) is 0.125. The lowest BCUT2D eigenvalue weighted by molar-refractivity contribution is 0.0970. The van der Waals surface area contributed by atoms with Gasteiger partial charge in [-0.05, 0) is 23.8 Å². The fourth-order valence-corrected chi connectivity index (χ4v) is 1.91. The normalized spacial score (nSPS) is 10.1. The Morgan fingerprint density at radius 3 is 2.59 bits per heavy atom. The van der Waals surface area contributed by atoms with Gasteiger partial charge in [0.15, 0.2) is 5.78 Å². The van der Waals surface area contributed by atoms with Gasteiger partial charge in [0.1, 0.15) is 12.4 Å². The van der Waals surface area contributed by atoms with Crippen LogP contribution in [-0.4, -0.2) is 18.4 Å². The van der Waals surface area contributed by atoms with Gasteiger partial charge < -0.3 is 10.1 Å². The first-order valence-electron chi connectivity index (χ1n) is 6.49. The standard InChI is InChI=1S/C16H13ClFNO3/c17-12-6-7-14(18)13(8-12)15(20)9-19-16(21)22-10-11-4-2-1-3-5-11/h1-8H,9-10H2,(H,19,21). The molecule has 6 heteroatoms. The number of carbonyl (C=O) groups excluding carboxylic acids is 2. The molecule has 0 aliphatic rings. The molecule has 0 bridgehead atoms. The number of ketones is 1. The first-order chi connectivity index (χ1) is 10.6. The molecule has 0 aromatic heterocycles. The number of hydrogen-bond acceptors (Lipinski definition) is 3. The van der Waals surface area contributed by atoms with Crippen LogP contribution in [0.4, 0.5) is 9.18 Å². The summed E-state index contributed by atoms with van der Waals surface area (Å²) in [5, 5.41) is 2.52. The number of nitrogens with one attached hydrogen (secondary N) is 1. The van der Waals surface area contributed by atoms with E-state index in [-0.39, 0.29) is 23.7 Å². The summed E-state index contributed by atoms with van der Waals surface area (Å²) in [6, 6.07) is 12.8. The third kappa shape index (κ3) is 4.56. The molecular weight excluding hydrogens is 309 g/mol. The van der Waals surface area contributed by atoms with Crippen molar-refractivity contribution in [3.05, 3.63) is 70.5 Å². The quantitative estimate of drug-likeness (QED) is 0.856. The molecule has 0 spiro atoms. The number of amides is 1. The van der Waals surface area contributed by atoms with E-state index in [1.807, 2.05) is 18.2 Å². The van der Waals surface area contributed by atoms with Crippen LogP contribution < -0.4 is 5.32 Å². The Balaban J connectivity index is 1.83. The summed E-state index contributed by atoms with van der Waals surface area (Å²) in [6.07, 6.45) is -0.750. The highest BCUT2D eigenvalue weighted by atomic mass is 35.5. The third-order valence-corrected chi connectivity index (χ3v) is 3.07. The van der Waals surface area contributed by atoms with Crippen molar-refractivity contribution < 1.29 is 18.7 Å². The minimum Gasteiger partial charge on any atom is -0.445 e. The molecule has 2 rings (SSSR count). The number of hydrogen-bond donors (Lipinski definition) is 1. The van der Waals surface area contributed by atoms with Crippen LogP contribution in [0.1, 0.15) is 15.9 Å². The van der Waals surface area contributed by atoms with Crippen molar-refractivity contribution in [2.24, 2.45) is 0 Å². The Morgan fingerprint density at radius 1 is 1.14 bits per heavy atom. The van der Waals surface area contributed by atoms with E-state index >= 15 is 0 Å². The molecule has 0 aliphatic heterocycles. The summed E-state index contributed by atoms with van der Waals surface area (Å²) in [5.74, 6) is -1.27. The van der Waals surface area contributed by atoms with Crippen LogP contribution in [0.2, 0.25) is 5.02 Å². The summed E-state index contributed by atoms with van der Waals surface area (Å²) in [6.45, 7) is -0.280. The van der Waals surface area contributed by atoms with Gasteiger partial charge in [0, 0.05) is 5.02 Å². The third-order valence-electron chi connectivity index (χ3n) is 2.83. The number of benzene rings is 2. The molecule has 0 atom stereocenters. The van der Waals surface area contributed by atoms with Gasteiger partial charge in [-0.25, -0.2) is 9.18 Å². The predicted molar refractivity (Wildman–Crippen MR) is 80.4 cm³/mol. The molecule has 0 fully saturated rings.